The number of benzene rings is 1. The summed E-state index contributed by atoms with van der Waals surface area (Å²) < 4.78 is 0. The van der Waals surface area contributed by atoms with Crippen LogP contribution >= 0.6 is 0 Å². The Morgan fingerprint density at radius 2 is 2.07 bits per heavy atom. The molecule has 0 bridgehead atoms. The molecule has 0 atom stereocenters. The summed E-state index contributed by atoms with van der Waals surface area (Å²) in [4.78, 5) is 11.5. The second-order valence-corrected chi connectivity index (χ2v) is 3.26. The summed E-state index contributed by atoms with van der Waals surface area (Å²) in [5, 5.41) is 1.08. The van der Waals surface area contributed by atoms with E-state index in [-0.39, 0.29) is 0 Å². The maximum Gasteiger partial charge on any atom is 0.167 e. The van der Waals surface area contributed by atoms with E-state index in [4.69, 9.17) is 5.84 Å². The molecular weight excluding hydrogens is 190 g/mol. The number of hydrogen-bond donors (Lipinski definition) is 3. The van der Waals surface area contributed by atoms with Crippen molar-refractivity contribution in [3.8, 4) is 0 Å². The molecule has 0 aliphatic rings. The van der Waals surface area contributed by atoms with E-state index >= 15 is 0 Å². The van der Waals surface area contributed by atoms with E-state index in [9.17, 15) is 0 Å². The number of nitrogen functional groups attached to an aromatic ring is 1. The van der Waals surface area contributed by atoms with Crippen LogP contribution in [0.3, 0.4) is 0 Å². The van der Waals surface area contributed by atoms with Crippen LogP contribution in [0.1, 0.15) is 0 Å². The molecule has 5 heteroatoms. The van der Waals surface area contributed by atoms with E-state index in [1.807, 2.05) is 24.3 Å². The van der Waals surface area contributed by atoms with Crippen molar-refractivity contribution in [2.24, 2.45) is 5.84 Å². The molecule has 0 unspecified atom stereocenters. The lowest BCUT2D eigenvalue weighted by molar-refractivity contribution is 1.18. The molecule has 2 aromatic heterocycles. The predicted octanol–water partition coefficient (Wildman–Crippen LogP) is 1.40. The van der Waals surface area contributed by atoms with E-state index in [2.05, 4.69) is 20.4 Å². The number of para-hydroxylation sites is 1. The molecule has 74 valence electrons. The smallest absolute Gasteiger partial charge is 0.167 e. The fourth-order valence-electron chi connectivity index (χ4n) is 1.75. The van der Waals surface area contributed by atoms with E-state index in [1.165, 1.54) is 6.33 Å². The van der Waals surface area contributed by atoms with Crippen LogP contribution in [-0.2, 0) is 0 Å². The first kappa shape index (κ1) is 8.19. The highest BCUT2D eigenvalue weighted by molar-refractivity contribution is 6.07. The minimum Gasteiger partial charge on any atom is -0.350 e. The van der Waals surface area contributed by atoms with Crippen LogP contribution in [0.25, 0.3) is 21.9 Å². The van der Waals surface area contributed by atoms with Crippen LogP contribution in [-0.4, -0.2) is 15.0 Å². The molecule has 0 fully saturated rings. The largest absolute Gasteiger partial charge is 0.350 e. The highest BCUT2D eigenvalue weighted by Crippen LogP contribution is 2.26. The van der Waals surface area contributed by atoms with Crippen molar-refractivity contribution in [3.05, 3.63) is 30.6 Å². The van der Waals surface area contributed by atoms with Gasteiger partial charge < -0.3 is 10.4 Å². The van der Waals surface area contributed by atoms with Crippen molar-refractivity contribution < 1.29 is 0 Å². The molecule has 0 saturated carbocycles. The number of H-pyrrole nitrogens is 1. The van der Waals surface area contributed by atoms with Crippen LogP contribution in [0, 0.1) is 0 Å². The van der Waals surface area contributed by atoms with Crippen LogP contribution in [0.5, 0.6) is 0 Å². The molecule has 0 aliphatic heterocycles. The van der Waals surface area contributed by atoms with Crippen LogP contribution in [0.2, 0.25) is 0 Å². The second kappa shape index (κ2) is 2.93. The Morgan fingerprint density at radius 1 is 1.20 bits per heavy atom. The summed E-state index contributed by atoms with van der Waals surface area (Å²) in [7, 11) is 0. The van der Waals surface area contributed by atoms with Gasteiger partial charge in [-0.2, -0.15) is 0 Å². The number of aromatic nitrogens is 3. The van der Waals surface area contributed by atoms with Crippen LogP contribution in [0.4, 0.5) is 5.82 Å². The Balaban J connectivity index is 2.53. The van der Waals surface area contributed by atoms with E-state index in [1.54, 1.807) is 0 Å². The number of nitrogens with zero attached hydrogens (tertiary/aromatic N) is 2. The zero-order chi connectivity index (χ0) is 10.3. The summed E-state index contributed by atoms with van der Waals surface area (Å²) >= 11 is 0. The third kappa shape index (κ3) is 1.07. The lowest BCUT2D eigenvalue weighted by Gasteiger charge is -1.97. The van der Waals surface area contributed by atoms with Gasteiger partial charge in [-0.3, -0.25) is 0 Å². The molecule has 0 radical (unpaired) electrons. The molecule has 15 heavy (non-hydrogen) atoms. The Kier molecular flexibility index (Phi) is 1.60. The lowest BCUT2D eigenvalue weighted by atomic mass is 10.2. The second-order valence-electron chi connectivity index (χ2n) is 3.26. The Morgan fingerprint density at radius 3 is 2.93 bits per heavy atom. The normalized spacial score (nSPS) is 11.0. The number of nitrogens with one attached hydrogen (secondary N) is 2. The van der Waals surface area contributed by atoms with Crippen molar-refractivity contribution in [2.45, 2.75) is 0 Å². The monoisotopic (exact) mass is 199 g/mol. The fraction of sp³-hybridized carbons (Fsp3) is 0. The molecule has 0 amide bonds. The average Bonchev–Trinajstić information content (AvgIpc) is 2.67. The summed E-state index contributed by atoms with van der Waals surface area (Å²) in [6.07, 6.45) is 1.50. The molecule has 3 rings (SSSR count). The molecule has 0 saturated heterocycles. The molecule has 2 heterocycles. The first-order chi connectivity index (χ1) is 7.40. The third-order valence-electron chi connectivity index (χ3n) is 2.43. The Bertz CT molecular complexity index is 628. The Hall–Kier alpha value is -2.14. The lowest BCUT2D eigenvalue weighted by Crippen LogP contribution is -2.09. The van der Waals surface area contributed by atoms with Gasteiger partial charge in [-0.05, 0) is 6.07 Å². The maximum atomic E-state index is 5.38. The number of anilines is 1. The van der Waals surface area contributed by atoms with Gasteiger partial charge in [-0.15, -0.1) is 0 Å². The quantitative estimate of drug-likeness (QED) is 0.409. The van der Waals surface area contributed by atoms with Gasteiger partial charge in [-0.25, -0.2) is 15.8 Å². The summed E-state index contributed by atoms with van der Waals surface area (Å²) in [5.74, 6) is 5.99. The molecule has 0 spiro atoms. The molecular formula is C10H9N5. The summed E-state index contributed by atoms with van der Waals surface area (Å²) in [6.45, 7) is 0. The fourth-order valence-corrected chi connectivity index (χ4v) is 1.75. The van der Waals surface area contributed by atoms with Crippen LogP contribution < -0.4 is 11.3 Å². The zero-order valence-electron chi connectivity index (χ0n) is 7.86. The van der Waals surface area contributed by atoms with E-state index in [0.29, 0.717) is 5.82 Å². The number of aromatic amines is 1. The summed E-state index contributed by atoms with van der Waals surface area (Å²) in [5.41, 5.74) is 5.30. The maximum absolute atomic E-state index is 5.38. The SMILES string of the molecule is NNc1ncnc2c1[nH]c1ccccc12. The van der Waals surface area contributed by atoms with Gasteiger partial charge in [0.2, 0.25) is 0 Å². The molecule has 4 N–H and O–H groups in total. The first-order valence-electron chi connectivity index (χ1n) is 4.58. The van der Waals surface area contributed by atoms with Crippen molar-refractivity contribution in [2.75, 3.05) is 5.43 Å². The van der Waals surface area contributed by atoms with Crippen molar-refractivity contribution in [1.82, 2.24) is 15.0 Å². The number of hydrogen-bond acceptors (Lipinski definition) is 4. The van der Waals surface area contributed by atoms with Gasteiger partial charge in [0.15, 0.2) is 5.82 Å². The van der Waals surface area contributed by atoms with Gasteiger partial charge in [0.05, 0.1) is 0 Å². The minimum absolute atomic E-state index is 0.608. The van der Waals surface area contributed by atoms with Gasteiger partial charge >= 0.3 is 0 Å². The molecule has 0 aliphatic carbocycles. The van der Waals surface area contributed by atoms with Gasteiger partial charge in [0, 0.05) is 10.9 Å². The number of nitrogens with two attached hydrogens (primary N) is 1. The number of fused-ring (bicyclic) bond motifs is 3. The number of rotatable bonds is 1. The first-order valence-corrected chi connectivity index (χ1v) is 4.58. The van der Waals surface area contributed by atoms with E-state index < -0.39 is 0 Å². The third-order valence-corrected chi connectivity index (χ3v) is 2.43. The van der Waals surface area contributed by atoms with Crippen molar-refractivity contribution in [3.63, 3.8) is 0 Å². The molecule has 3 aromatic rings. The summed E-state index contributed by atoms with van der Waals surface area (Å²) in [6, 6.07) is 7.97. The van der Waals surface area contributed by atoms with E-state index in [0.717, 1.165) is 21.9 Å². The standard InChI is InChI=1S/C10H9N5/c11-15-10-9-8(12-5-13-10)6-3-1-2-4-7(6)14-9/h1-5,14H,11H2,(H,12,13,15). The Labute approximate surface area is 85.3 Å². The van der Waals surface area contributed by atoms with Crippen molar-refractivity contribution >= 4 is 27.8 Å². The van der Waals surface area contributed by atoms with Crippen molar-refractivity contribution in [1.29, 1.82) is 0 Å². The highest BCUT2D eigenvalue weighted by atomic mass is 15.3. The topological polar surface area (TPSA) is 79.6 Å². The van der Waals surface area contributed by atoms with Gasteiger partial charge in [0.25, 0.3) is 0 Å². The van der Waals surface area contributed by atoms with Crippen LogP contribution in [0.15, 0.2) is 30.6 Å². The van der Waals surface area contributed by atoms with Gasteiger partial charge in [-0.1, -0.05) is 18.2 Å². The average molecular weight is 199 g/mol. The highest BCUT2D eigenvalue weighted by Gasteiger charge is 2.08. The minimum atomic E-state index is 0.608. The predicted molar refractivity (Wildman–Crippen MR) is 59.2 cm³/mol. The van der Waals surface area contributed by atoms with Gasteiger partial charge in [0.1, 0.15) is 17.4 Å². The zero-order valence-corrected chi connectivity index (χ0v) is 7.86. The molecule has 1 aromatic carbocycles. The number of hydrazine groups is 1. The molecule has 5 nitrogen and oxygen atoms in total.